The van der Waals surface area contributed by atoms with E-state index in [1.54, 1.807) is 0 Å². The zero-order valence-corrected chi connectivity index (χ0v) is 5.28. The summed E-state index contributed by atoms with van der Waals surface area (Å²) >= 11 is 0. The summed E-state index contributed by atoms with van der Waals surface area (Å²) in [6.45, 7) is 0. The van der Waals surface area contributed by atoms with Gasteiger partial charge in [-0.25, -0.2) is 0 Å². The van der Waals surface area contributed by atoms with E-state index >= 15 is 0 Å². The van der Waals surface area contributed by atoms with Crippen molar-refractivity contribution in [1.29, 1.82) is 0 Å². The van der Waals surface area contributed by atoms with Crippen LogP contribution in [-0.2, 0) is 0 Å². The Balaban J connectivity index is 0. The molecule has 0 rings (SSSR count). The Bertz CT molecular complexity index is 11.6. The number of rotatable bonds is 0. The van der Waals surface area contributed by atoms with Crippen LogP contribution in [0.3, 0.4) is 0 Å². The summed E-state index contributed by atoms with van der Waals surface area (Å²) in [5, 5.41) is 0. The van der Waals surface area contributed by atoms with Crippen LogP contribution in [0, 0.1) is 0 Å². The molecular weight excluding hydrogens is 158 g/mol. The summed E-state index contributed by atoms with van der Waals surface area (Å²) in [4.78, 5) is 21.7. The molecule has 0 heterocycles. The Kier molecular flexibility index (Phi) is 8.96. The molecule has 34 valence electrons. The minimum atomic E-state index is -2.62. The van der Waals surface area contributed by atoms with Crippen molar-refractivity contribution in [3.8, 4) is 0 Å². The van der Waals surface area contributed by atoms with Crippen LogP contribution in [0.1, 0.15) is 0 Å². The summed E-state index contributed by atoms with van der Waals surface area (Å²) in [6, 6.07) is 0. The normalized spacial score (nSPS) is 7.20. The summed E-state index contributed by atoms with van der Waals surface area (Å²) in [7, 11) is -2.62. The Morgan fingerprint density at radius 3 is 1.00 bits per heavy atom. The zero-order valence-electron chi connectivity index (χ0n) is 2.29. The average molecular weight is 163 g/mol. The summed E-state index contributed by atoms with van der Waals surface area (Å²) in [5.41, 5.74) is 0. The predicted octanol–water partition coefficient (Wildman–Crippen LogP) is -1.73. The van der Waals surface area contributed by atoms with Gasteiger partial charge in [0.25, 0.3) is 0 Å². The van der Waals surface area contributed by atoms with Crippen molar-refractivity contribution in [3.63, 3.8) is 0 Å². The van der Waals surface area contributed by atoms with Gasteiger partial charge >= 0.3 is 25.7 Å². The molecule has 0 fully saturated rings. The number of hydrogen-bond donors (Lipinski definition) is 3. The van der Waals surface area contributed by atoms with Crippen molar-refractivity contribution in [3.05, 3.63) is 0 Å². The average Bonchev–Trinajstić information content (AvgIpc) is 0.811. The molecule has 0 unspecified atom stereocenters. The van der Waals surface area contributed by atoms with E-state index in [1.165, 1.54) is 0 Å². The molecular formula is H5O3PSe. The molecule has 0 aliphatic carbocycles. The second-order valence-corrected chi connectivity index (χ2v) is 0.805. The van der Waals surface area contributed by atoms with E-state index < -0.39 is 8.60 Å². The van der Waals surface area contributed by atoms with Crippen molar-refractivity contribution in [2.24, 2.45) is 0 Å². The van der Waals surface area contributed by atoms with Gasteiger partial charge in [-0.3, -0.25) is 0 Å². The van der Waals surface area contributed by atoms with Crippen LogP contribution in [-0.4, -0.2) is 31.7 Å². The molecule has 3 N–H and O–H groups in total. The van der Waals surface area contributed by atoms with Crippen LogP contribution < -0.4 is 0 Å². The van der Waals surface area contributed by atoms with E-state index in [1.807, 2.05) is 0 Å². The fraction of sp³-hybridized carbons (Fsp3) is 0. The van der Waals surface area contributed by atoms with Gasteiger partial charge in [-0.15, -0.1) is 0 Å². The van der Waals surface area contributed by atoms with Gasteiger partial charge in [0.05, 0.1) is 0 Å². The van der Waals surface area contributed by atoms with Gasteiger partial charge in [-0.05, 0) is 0 Å². The summed E-state index contributed by atoms with van der Waals surface area (Å²) < 4.78 is 0. The quantitative estimate of drug-likeness (QED) is 0.294. The fourth-order valence-electron chi connectivity index (χ4n) is 0. The molecule has 0 bridgehead atoms. The Morgan fingerprint density at radius 2 is 1.00 bits per heavy atom. The van der Waals surface area contributed by atoms with Crippen LogP contribution in [0.5, 0.6) is 0 Å². The van der Waals surface area contributed by atoms with Gasteiger partial charge in [-0.1, -0.05) is 0 Å². The van der Waals surface area contributed by atoms with E-state index in [4.69, 9.17) is 14.7 Å². The van der Waals surface area contributed by atoms with E-state index in [-0.39, 0.29) is 17.1 Å². The second kappa shape index (κ2) is 4.83. The molecule has 5 heavy (non-hydrogen) atoms. The fourth-order valence-corrected chi connectivity index (χ4v) is 0. The first-order valence-electron chi connectivity index (χ1n) is 0.600. The molecule has 3 nitrogen and oxygen atoms in total. The molecule has 0 amide bonds. The van der Waals surface area contributed by atoms with Gasteiger partial charge in [0.15, 0.2) is 0 Å². The molecule has 0 atom stereocenters. The third kappa shape index (κ3) is 56.2. The molecule has 0 aliphatic heterocycles. The maximum atomic E-state index is 7.23. The van der Waals surface area contributed by atoms with Gasteiger partial charge in [0, 0.05) is 0 Å². The molecule has 5 heteroatoms. The van der Waals surface area contributed by atoms with Crippen molar-refractivity contribution in [2.75, 3.05) is 0 Å². The van der Waals surface area contributed by atoms with Crippen molar-refractivity contribution in [1.82, 2.24) is 0 Å². The monoisotopic (exact) mass is 164 g/mol. The van der Waals surface area contributed by atoms with Crippen LogP contribution in [0.4, 0.5) is 0 Å². The summed E-state index contributed by atoms with van der Waals surface area (Å²) in [5.74, 6) is 0. The van der Waals surface area contributed by atoms with E-state index in [0.29, 0.717) is 0 Å². The third-order valence-corrected chi connectivity index (χ3v) is 0. The van der Waals surface area contributed by atoms with Gasteiger partial charge in [0.1, 0.15) is 0 Å². The zero-order chi connectivity index (χ0) is 3.58. The van der Waals surface area contributed by atoms with E-state index in [9.17, 15) is 0 Å². The van der Waals surface area contributed by atoms with Gasteiger partial charge in [-0.2, -0.15) is 0 Å². The maximum absolute atomic E-state index is 7.23. The predicted molar refractivity (Wildman–Crippen MR) is 22.1 cm³/mol. The number of hydrogen-bond acceptors (Lipinski definition) is 3. The van der Waals surface area contributed by atoms with Crippen molar-refractivity contribution in [2.45, 2.75) is 0 Å². The molecule has 0 aromatic carbocycles. The van der Waals surface area contributed by atoms with Gasteiger partial charge in [0.2, 0.25) is 0 Å². The molecule has 0 spiro atoms. The molecule has 0 saturated heterocycles. The molecule has 0 aromatic rings. The first-order chi connectivity index (χ1) is 1.73. The first kappa shape index (κ1) is 9.27. The van der Waals surface area contributed by atoms with Crippen LogP contribution in [0.2, 0.25) is 0 Å². The minimum absolute atomic E-state index is 0. The van der Waals surface area contributed by atoms with Crippen LogP contribution >= 0.6 is 8.60 Å². The first-order valence-corrected chi connectivity index (χ1v) is 1.80. The topological polar surface area (TPSA) is 60.7 Å². The summed E-state index contributed by atoms with van der Waals surface area (Å²) in [6.07, 6.45) is 0. The standard InChI is InChI=1S/H3O3P.H2Se/c1-4(2)3;/h1-3H;1H2. The van der Waals surface area contributed by atoms with E-state index in [2.05, 4.69) is 0 Å². The Labute approximate surface area is 41.1 Å². The second-order valence-electron chi connectivity index (χ2n) is 0.268. The third-order valence-electron chi connectivity index (χ3n) is 0. The van der Waals surface area contributed by atoms with Crippen LogP contribution in [0.25, 0.3) is 0 Å². The molecule has 0 aliphatic rings. The van der Waals surface area contributed by atoms with Crippen LogP contribution in [0.15, 0.2) is 0 Å². The Hall–Kier alpha value is 0.829. The molecule has 0 radical (unpaired) electrons. The molecule has 0 saturated carbocycles. The SMILES string of the molecule is OP(O)O.[SeH2]. The van der Waals surface area contributed by atoms with E-state index in [0.717, 1.165) is 0 Å². The van der Waals surface area contributed by atoms with Crippen molar-refractivity contribution >= 4 is 25.7 Å². The Morgan fingerprint density at radius 1 is 1.00 bits per heavy atom. The molecule has 0 aromatic heterocycles. The van der Waals surface area contributed by atoms with Crippen molar-refractivity contribution < 1.29 is 14.7 Å². The van der Waals surface area contributed by atoms with Gasteiger partial charge < -0.3 is 14.7 Å².